The molecule has 0 radical (unpaired) electrons. The van der Waals surface area contributed by atoms with E-state index >= 15 is 0 Å². The van der Waals surface area contributed by atoms with Gasteiger partial charge < -0.3 is 11.1 Å². The molecule has 0 aliphatic heterocycles. The van der Waals surface area contributed by atoms with E-state index in [-0.39, 0.29) is 18.9 Å². The van der Waals surface area contributed by atoms with Crippen molar-refractivity contribution in [1.29, 1.82) is 0 Å². The van der Waals surface area contributed by atoms with Crippen molar-refractivity contribution in [3.05, 3.63) is 29.3 Å². The van der Waals surface area contributed by atoms with Crippen molar-refractivity contribution < 1.29 is 8.78 Å². The Labute approximate surface area is 117 Å². The Bertz CT molecular complexity index is 478. The average molecular weight is 284 g/mol. The standard InChI is InChI=1S/C14H18F2N2S/c1-9-6-10(13(17)19)8-12(7-9)18-11-2-4-14(15,16)5-3-11/h6-8,11,18H,2-5H2,1H3,(H2,17,19). The van der Waals surface area contributed by atoms with Crippen LogP contribution in [-0.4, -0.2) is 17.0 Å². The first-order valence-electron chi connectivity index (χ1n) is 6.42. The summed E-state index contributed by atoms with van der Waals surface area (Å²) >= 11 is 4.97. The summed E-state index contributed by atoms with van der Waals surface area (Å²) in [7, 11) is 0. The second-order valence-corrected chi connectivity index (χ2v) is 5.67. The summed E-state index contributed by atoms with van der Waals surface area (Å²) in [5, 5.41) is 3.31. The van der Waals surface area contributed by atoms with Crippen molar-refractivity contribution in [1.82, 2.24) is 0 Å². The highest BCUT2D eigenvalue weighted by atomic mass is 32.1. The van der Waals surface area contributed by atoms with Crippen molar-refractivity contribution in [2.45, 2.75) is 44.6 Å². The maximum Gasteiger partial charge on any atom is 0.248 e. The Balaban J connectivity index is 2.05. The van der Waals surface area contributed by atoms with Crippen LogP contribution in [-0.2, 0) is 0 Å². The lowest BCUT2D eigenvalue weighted by molar-refractivity contribution is -0.0360. The second-order valence-electron chi connectivity index (χ2n) is 5.23. The maximum absolute atomic E-state index is 13.1. The van der Waals surface area contributed by atoms with Gasteiger partial charge in [0.15, 0.2) is 0 Å². The van der Waals surface area contributed by atoms with E-state index in [0.717, 1.165) is 16.8 Å². The van der Waals surface area contributed by atoms with Gasteiger partial charge >= 0.3 is 0 Å². The highest BCUT2D eigenvalue weighted by molar-refractivity contribution is 7.80. The summed E-state index contributed by atoms with van der Waals surface area (Å²) in [6.07, 6.45) is 0.893. The van der Waals surface area contributed by atoms with Crippen molar-refractivity contribution in [2.75, 3.05) is 5.32 Å². The monoisotopic (exact) mass is 284 g/mol. The molecule has 0 bridgehead atoms. The van der Waals surface area contributed by atoms with Gasteiger partial charge in [-0.05, 0) is 43.5 Å². The lowest BCUT2D eigenvalue weighted by Crippen LogP contribution is -2.32. The van der Waals surface area contributed by atoms with Crippen LogP contribution in [0.2, 0.25) is 0 Å². The summed E-state index contributed by atoms with van der Waals surface area (Å²) in [6.45, 7) is 1.96. The van der Waals surface area contributed by atoms with Gasteiger partial charge in [-0.1, -0.05) is 12.2 Å². The second kappa shape index (κ2) is 5.41. The van der Waals surface area contributed by atoms with Gasteiger partial charge in [0, 0.05) is 30.1 Å². The van der Waals surface area contributed by atoms with Crippen LogP contribution in [0.1, 0.15) is 36.8 Å². The molecule has 0 atom stereocenters. The smallest absolute Gasteiger partial charge is 0.248 e. The third-order valence-electron chi connectivity index (χ3n) is 3.45. The number of aryl methyl sites for hydroxylation is 1. The third-order valence-corrected chi connectivity index (χ3v) is 3.69. The number of anilines is 1. The molecule has 0 amide bonds. The van der Waals surface area contributed by atoms with E-state index in [0.29, 0.717) is 17.8 Å². The molecule has 2 nitrogen and oxygen atoms in total. The molecule has 19 heavy (non-hydrogen) atoms. The van der Waals surface area contributed by atoms with E-state index in [1.165, 1.54) is 0 Å². The van der Waals surface area contributed by atoms with Crippen molar-refractivity contribution in [2.24, 2.45) is 5.73 Å². The minimum absolute atomic E-state index is 0.0430. The number of nitrogens with one attached hydrogen (secondary N) is 1. The van der Waals surface area contributed by atoms with Gasteiger partial charge in [-0.2, -0.15) is 0 Å². The molecule has 1 saturated carbocycles. The zero-order valence-corrected chi connectivity index (χ0v) is 11.7. The first-order valence-corrected chi connectivity index (χ1v) is 6.82. The van der Waals surface area contributed by atoms with Crippen LogP contribution in [0.15, 0.2) is 18.2 Å². The fourth-order valence-electron chi connectivity index (χ4n) is 2.43. The number of nitrogens with two attached hydrogens (primary N) is 1. The molecule has 0 aromatic heterocycles. The van der Waals surface area contributed by atoms with Gasteiger partial charge in [0.25, 0.3) is 0 Å². The number of hydrogen-bond acceptors (Lipinski definition) is 2. The lowest BCUT2D eigenvalue weighted by atomic mass is 9.92. The average Bonchev–Trinajstić information content (AvgIpc) is 2.31. The Morgan fingerprint density at radius 1 is 1.32 bits per heavy atom. The molecule has 1 aliphatic carbocycles. The predicted molar refractivity (Wildman–Crippen MR) is 77.9 cm³/mol. The first-order chi connectivity index (χ1) is 8.85. The molecule has 1 aromatic carbocycles. The minimum Gasteiger partial charge on any atom is -0.389 e. The SMILES string of the molecule is Cc1cc(NC2CCC(F)(F)CC2)cc(C(N)=S)c1. The molecule has 0 spiro atoms. The normalized spacial score (nSPS) is 19.1. The van der Waals surface area contributed by atoms with Crippen LogP contribution >= 0.6 is 12.2 Å². The molecule has 3 N–H and O–H groups in total. The Morgan fingerprint density at radius 3 is 2.53 bits per heavy atom. The van der Waals surface area contributed by atoms with Gasteiger partial charge in [0.05, 0.1) is 0 Å². The van der Waals surface area contributed by atoms with Crippen molar-refractivity contribution in [3.63, 3.8) is 0 Å². The summed E-state index contributed by atoms with van der Waals surface area (Å²) < 4.78 is 26.2. The number of benzene rings is 1. The number of hydrogen-bond donors (Lipinski definition) is 2. The molecule has 5 heteroatoms. The molecule has 2 rings (SSSR count). The number of alkyl halides is 2. The van der Waals surface area contributed by atoms with Gasteiger partial charge in [-0.3, -0.25) is 0 Å². The summed E-state index contributed by atoms with van der Waals surface area (Å²) in [5.41, 5.74) is 8.38. The number of halogens is 2. The summed E-state index contributed by atoms with van der Waals surface area (Å²) in [5.74, 6) is -2.49. The number of rotatable bonds is 3. The van der Waals surface area contributed by atoms with Crippen LogP contribution in [0.25, 0.3) is 0 Å². The zero-order chi connectivity index (χ0) is 14.0. The molecule has 1 aliphatic rings. The summed E-state index contributed by atoms with van der Waals surface area (Å²) in [4.78, 5) is 0.349. The highest BCUT2D eigenvalue weighted by Crippen LogP contribution is 2.34. The largest absolute Gasteiger partial charge is 0.389 e. The van der Waals surface area contributed by atoms with Gasteiger partial charge in [0.1, 0.15) is 4.99 Å². The molecule has 1 aromatic rings. The topological polar surface area (TPSA) is 38.0 Å². The molecular weight excluding hydrogens is 266 g/mol. The van der Waals surface area contributed by atoms with Gasteiger partial charge in [-0.25, -0.2) is 8.78 Å². The predicted octanol–water partition coefficient (Wildman–Crippen LogP) is 3.62. The molecule has 0 saturated heterocycles. The van der Waals surface area contributed by atoms with Crippen molar-refractivity contribution >= 4 is 22.9 Å². The minimum atomic E-state index is -2.49. The van der Waals surface area contributed by atoms with E-state index in [1.807, 2.05) is 25.1 Å². The molecule has 1 fully saturated rings. The Morgan fingerprint density at radius 2 is 1.95 bits per heavy atom. The lowest BCUT2D eigenvalue weighted by Gasteiger charge is -2.29. The van der Waals surface area contributed by atoms with E-state index in [4.69, 9.17) is 18.0 Å². The van der Waals surface area contributed by atoms with Gasteiger partial charge in [0.2, 0.25) is 5.92 Å². The highest BCUT2D eigenvalue weighted by Gasteiger charge is 2.34. The van der Waals surface area contributed by atoms with Crippen LogP contribution in [0.3, 0.4) is 0 Å². The first kappa shape index (κ1) is 14.2. The van der Waals surface area contributed by atoms with Crippen molar-refractivity contribution in [3.8, 4) is 0 Å². The third kappa shape index (κ3) is 3.86. The van der Waals surface area contributed by atoms with Gasteiger partial charge in [-0.15, -0.1) is 0 Å². The molecule has 104 valence electrons. The fourth-order valence-corrected chi connectivity index (χ4v) is 2.55. The van der Waals surface area contributed by atoms with Crippen LogP contribution in [0.5, 0.6) is 0 Å². The van der Waals surface area contributed by atoms with E-state index < -0.39 is 5.92 Å². The molecule has 0 heterocycles. The Kier molecular flexibility index (Phi) is 4.04. The molecular formula is C14H18F2N2S. The van der Waals surface area contributed by atoms with Crippen LogP contribution < -0.4 is 11.1 Å². The fraction of sp³-hybridized carbons (Fsp3) is 0.500. The quantitative estimate of drug-likeness (QED) is 0.833. The summed E-state index contributed by atoms with van der Waals surface area (Å²) in [6, 6.07) is 5.87. The number of thiocarbonyl (C=S) groups is 1. The van der Waals surface area contributed by atoms with E-state index in [1.54, 1.807) is 0 Å². The van der Waals surface area contributed by atoms with E-state index in [9.17, 15) is 8.78 Å². The van der Waals surface area contributed by atoms with E-state index in [2.05, 4.69) is 5.32 Å². The van der Waals surface area contributed by atoms with Crippen LogP contribution in [0, 0.1) is 6.92 Å². The van der Waals surface area contributed by atoms with Crippen LogP contribution in [0.4, 0.5) is 14.5 Å². The maximum atomic E-state index is 13.1. The zero-order valence-electron chi connectivity index (χ0n) is 10.9. The Hall–Kier alpha value is -1.23. The molecule has 0 unspecified atom stereocenters.